The zero-order chi connectivity index (χ0) is 18.2. The number of carboxylic acid groups (broad SMARTS) is 1. The molecule has 1 unspecified atom stereocenters. The van der Waals surface area contributed by atoms with E-state index in [2.05, 4.69) is 6.92 Å². The third-order valence-electron chi connectivity index (χ3n) is 4.89. The van der Waals surface area contributed by atoms with Crippen molar-refractivity contribution >= 4 is 17.7 Å². The Bertz CT molecular complexity index is 609. The van der Waals surface area contributed by atoms with Gasteiger partial charge in [-0.2, -0.15) is 0 Å². The van der Waals surface area contributed by atoms with E-state index in [1.807, 2.05) is 24.3 Å². The SMILES string of the molecule is CCc1ccc(C(=O)CCC(=O)N2CCCC(CCC(=O)O)C2)cc1. The van der Waals surface area contributed by atoms with Crippen molar-refractivity contribution in [2.45, 2.75) is 51.9 Å². The van der Waals surface area contributed by atoms with Gasteiger partial charge in [0, 0.05) is 37.9 Å². The number of carbonyl (C=O) groups is 3. The first-order valence-electron chi connectivity index (χ1n) is 9.11. The van der Waals surface area contributed by atoms with E-state index < -0.39 is 5.97 Å². The Morgan fingerprint density at radius 2 is 1.84 bits per heavy atom. The quantitative estimate of drug-likeness (QED) is 0.734. The number of benzene rings is 1. The maximum Gasteiger partial charge on any atom is 0.303 e. The number of carbonyl (C=O) groups excluding carboxylic acids is 2. The van der Waals surface area contributed by atoms with Gasteiger partial charge in [0.2, 0.25) is 5.91 Å². The normalized spacial score (nSPS) is 17.3. The van der Waals surface area contributed by atoms with Crippen molar-refractivity contribution in [3.05, 3.63) is 35.4 Å². The third kappa shape index (κ3) is 6.00. The minimum atomic E-state index is -0.789. The van der Waals surface area contributed by atoms with Crippen molar-refractivity contribution in [3.63, 3.8) is 0 Å². The number of Topliss-reactive ketones (excluding diaryl/α,β-unsaturated/α-hetero) is 1. The summed E-state index contributed by atoms with van der Waals surface area (Å²) in [6.45, 7) is 3.39. The summed E-state index contributed by atoms with van der Waals surface area (Å²) in [6.07, 6.45) is 4.02. The Morgan fingerprint density at radius 1 is 1.12 bits per heavy atom. The number of amides is 1. The number of likely N-dealkylation sites (tertiary alicyclic amines) is 1. The number of nitrogens with zero attached hydrogens (tertiary/aromatic N) is 1. The number of rotatable bonds is 8. The number of ketones is 1. The molecule has 1 aliphatic heterocycles. The number of hydrogen-bond donors (Lipinski definition) is 1. The Labute approximate surface area is 149 Å². The monoisotopic (exact) mass is 345 g/mol. The highest BCUT2D eigenvalue weighted by Crippen LogP contribution is 2.22. The molecule has 0 spiro atoms. The predicted molar refractivity (Wildman–Crippen MR) is 95.6 cm³/mol. The van der Waals surface area contributed by atoms with Crippen molar-refractivity contribution in [2.75, 3.05) is 13.1 Å². The van der Waals surface area contributed by atoms with Gasteiger partial charge in [0.1, 0.15) is 0 Å². The van der Waals surface area contributed by atoms with E-state index in [1.54, 1.807) is 4.90 Å². The number of carboxylic acids is 1. The lowest BCUT2D eigenvalue weighted by Gasteiger charge is -2.32. The highest BCUT2D eigenvalue weighted by atomic mass is 16.4. The molecule has 1 saturated heterocycles. The smallest absolute Gasteiger partial charge is 0.303 e. The van der Waals surface area contributed by atoms with Gasteiger partial charge in [0.05, 0.1) is 0 Å². The summed E-state index contributed by atoms with van der Waals surface area (Å²) in [7, 11) is 0. The summed E-state index contributed by atoms with van der Waals surface area (Å²) in [5.74, 6) is -0.539. The summed E-state index contributed by atoms with van der Waals surface area (Å²) >= 11 is 0. The Kier molecular flexibility index (Phi) is 7.16. The highest BCUT2D eigenvalue weighted by molar-refractivity contribution is 5.98. The van der Waals surface area contributed by atoms with Gasteiger partial charge >= 0.3 is 5.97 Å². The number of aliphatic carboxylic acids is 1. The molecule has 25 heavy (non-hydrogen) atoms. The first-order valence-corrected chi connectivity index (χ1v) is 9.11. The molecule has 0 saturated carbocycles. The topological polar surface area (TPSA) is 74.7 Å². The maximum absolute atomic E-state index is 12.4. The van der Waals surface area contributed by atoms with Crippen LogP contribution in [0.1, 0.15) is 61.4 Å². The van der Waals surface area contributed by atoms with Gasteiger partial charge in [-0.05, 0) is 37.2 Å². The molecule has 5 heteroatoms. The van der Waals surface area contributed by atoms with E-state index in [1.165, 1.54) is 5.56 Å². The van der Waals surface area contributed by atoms with Crippen LogP contribution in [0.5, 0.6) is 0 Å². The summed E-state index contributed by atoms with van der Waals surface area (Å²) in [6, 6.07) is 7.56. The van der Waals surface area contributed by atoms with Gasteiger partial charge in [-0.3, -0.25) is 14.4 Å². The fourth-order valence-electron chi connectivity index (χ4n) is 3.30. The van der Waals surface area contributed by atoms with Crippen molar-refractivity contribution in [3.8, 4) is 0 Å². The standard InChI is InChI=1S/C20H27NO4/c1-2-15-5-8-17(9-6-15)18(22)10-11-19(23)21-13-3-4-16(14-21)7-12-20(24)25/h5-6,8-9,16H,2-4,7,10-14H2,1H3,(H,24,25). The summed E-state index contributed by atoms with van der Waals surface area (Å²) < 4.78 is 0. The zero-order valence-electron chi connectivity index (χ0n) is 14.9. The van der Waals surface area contributed by atoms with E-state index in [9.17, 15) is 14.4 Å². The zero-order valence-corrected chi connectivity index (χ0v) is 14.9. The molecule has 1 N–H and O–H groups in total. The highest BCUT2D eigenvalue weighted by Gasteiger charge is 2.24. The molecule has 1 atom stereocenters. The van der Waals surface area contributed by atoms with Gasteiger partial charge in [0.15, 0.2) is 5.78 Å². The number of hydrogen-bond acceptors (Lipinski definition) is 3. The molecule has 1 amide bonds. The molecule has 0 aliphatic carbocycles. The molecule has 136 valence electrons. The van der Waals surface area contributed by atoms with E-state index in [4.69, 9.17) is 5.11 Å². The Morgan fingerprint density at radius 3 is 2.48 bits per heavy atom. The molecular weight excluding hydrogens is 318 g/mol. The second-order valence-corrected chi connectivity index (χ2v) is 6.75. The minimum absolute atomic E-state index is 0.00134. The lowest BCUT2D eigenvalue weighted by molar-refractivity contribution is -0.137. The van der Waals surface area contributed by atoms with Crippen LogP contribution in [-0.2, 0) is 16.0 Å². The lowest BCUT2D eigenvalue weighted by atomic mass is 9.93. The second kappa shape index (κ2) is 9.35. The van der Waals surface area contributed by atoms with Gasteiger partial charge < -0.3 is 10.0 Å². The second-order valence-electron chi connectivity index (χ2n) is 6.75. The van der Waals surface area contributed by atoms with Crippen LogP contribution < -0.4 is 0 Å². The number of piperidine rings is 1. The van der Waals surface area contributed by atoms with Gasteiger partial charge in [-0.1, -0.05) is 31.2 Å². The molecule has 1 fully saturated rings. The molecule has 1 heterocycles. The van der Waals surface area contributed by atoms with Crippen LogP contribution in [0.25, 0.3) is 0 Å². The van der Waals surface area contributed by atoms with Gasteiger partial charge in [0.25, 0.3) is 0 Å². The van der Waals surface area contributed by atoms with Crippen molar-refractivity contribution < 1.29 is 19.5 Å². The average molecular weight is 345 g/mol. The fourth-order valence-corrected chi connectivity index (χ4v) is 3.30. The third-order valence-corrected chi connectivity index (χ3v) is 4.89. The Hall–Kier alpha value is -2.17. The van der Waals surface area contributed by atoms with Crippen molar-refractivity contribution in [2.24, 2.45) is 5.92 Å². The summed E-state index contributed by atoms with van der Waals surface area (Å²) in [4.78, 5) is 37.1. The van der Waals surface area contributed by atoms with Crippen LogP contribution in [0, 0.1) is 5.92 Å². The average Bonchev–Trinajstić information content (AvgIpc) is 2.64. The molecular formula is C20H27NO4. The van der Waals surface area contributed by atoms with Crippen LogP contribution in [0.3, 0.4) is 0 Å². The van der Waals surface area contributed by atoms with E-state index in [0.717, 1.165) is 19.3 Å². The van der Waals surface area contributed by atoms with Crippen LogP contribution in [-0.4, -0.2) is 40.8 Å². The van der Waals surface area contributed by atoms with Crippen LogP contribution in [0.15, 0.2) is 24.3 Å². The summed E-state index contributed by atoms with van der Waals surface area (Å²) in [5.41, 5.74) is 1.84. The van der Waals surface area contributed by atoms with Gasteiger partial charge in [-0.15, -0.1) is 0 Å². The first-order chi connectivity index (χ1) is 12.0. The van der Waals surface area contributed by atoms with Crippen LogP contribution in [0.2, 0.25) is 0 Å². The molecule has 0 radical (unpaired) electrons. The summed E-state index contributed by atoms with van der Waals surface area (Å²) in [5, 5.41) is 8.79. The fraction of sp³-hybridized carbons (Fsp3) is 0.550. The molecule has 1 aromatic carbocycles. The largest absolute Gasteiger partial charge is 0.481 e. The molecule has 5 nitrogen and oxygen atoms in total. The van der Waals surface area contributed by atoms with Gasteiger partial charge in [-0.25, -0.2) is 0 Å². The molecule has 2 rings (SSSR count). The molecule has 1 aromatic rings. The minimum Gasteiger partial charge on any atom is -0.481 e. The van der Waals surface area contributed by atoms with E-state index >= 15 is 0 Å². The van der Waals surface area contributed by atoms with E-state index in [0.29, 0.717) is 25.1 Å². The predicted octanol–water partition coefficient (Wildman–Crippen LogP) is 3.32. The van der Waals surface area contributed by atoms with Crippen LogP contribution >= 0.6 is 0 Å². The molecule has 0 bridgehead atoms. The Balaban J connectivity index is 1.80. The number of aryl methyl sites for hydroxylation is 1. The lowest BCUT2D eigenvalue weighted by Crippen LogP contribution is -2.40. The van der Waals surface area contributed by atoms with Crippen LogP contribution in [0.4, 0.5) is 0 Å². The molecule has 0 aromatic heterocycles. The van der Waals surface area contributed by atoms with E-state index in [-0.39, 0.29) is 36.9 Å². The molecule has 1 aliphatic rings. The maximum atomic E-state index is 12.4. The van der Waals surface area contributed by atoms with Crippen molar-refractivity contribution in [1.82, 2.24) is 4.90 Å². The van der Waals surface area contributed by atoms with Crippen molar-refractivity contribution in [1.29, 1.82) is 0 Å². The first kappa shape index (κ1) is 19.2.